The Morgan fingerprint density at radius 1 is 1.19 bits per heavy atom. The summed E-state index contributed by atoms with van der Waals surface area (Å²) in [5, 5.41) is 2.66. The Kier molecular flexibility index (Phi) is 5.12. The number of thiophene rings is 1. The summed E-state index contributed by atoms with van der Waals surface area (Å²) in [6, 6.07) is 7.49. The van der Waals surface area contributed by atoms with Crippen molar-refractivity contribution >= 4 is 40.7 Å². The Labute approximate surface area is 164 Å². The fourth-order valence-electron chi connectivity index (χ4n) is 2.87. The smallest absolute Gasteiger partial charge is 0.325 e. The van der Waals surface area contributed by atoms with Crippen LogP contribution in [0.3, 0.4) is 0 Å². The number of nitrogens with one attached hydrogen (secondary N) is 1. The number of nitrogens with zero attached hydrogens (tertiary/aromatic N) is 1. The van der Waals surface area contributed by atoms with Gasteiger partial charge in [0.25, 0.3) is 5.91 Å². The summed E-state index contributed by atoms with van der Waals surface area (Å²) in [7, 11) is 2.99. The molecule has 3 amide bonds. The van der Waals surface area contributed by atoms with Crippen LogP contribution in [0, 0.1) is 0 Å². The predicted octanol–water partition coefficient (Wildman–Crippen LogP) is 3.07. The molecule has 7 nitrogen and oxygen atoms in total. The van der Waals surface area contributed by atoms with E-state index in [4.69, 9.17) is 21.1 Å². The summed E-state index contributed by atoms with van der Waals surface area (Å²) in [5.74, 6) is 0.0620. The molecule has 3 rings (SSSR count). The summed E-state index contributed by atoms with van der Waals surface area (Å²) in [5.41, 5.74) is -0.795. The minimum absolute atomic E-state index is 0.355. The minimum Gasteiger partial charge on any atom is -0.493 e. The first-order chi connectivity index (χ1) is 12.8. The Morgan fingerprint density at radius 3 is 2.48 bits per heavy atom. The SMILES string of the molecule is COc1ccc(C2(C)NC(=O)N(CC(=O)c3ccc(Cl)s3)C2=O)cc1OC. The minimum atomic E-state index is -1.32. The van der Waals surface area contributed by atoms with Crippen LogP contribution >= 0.6 is 22.9 Å². The van der Waals surface area contributed by atoms with Gasteiger partial charge in [-0.1, -0.05) is 17.7 Å². The molecule has 1 aliphatic rings. The molecule has 1 aromatic carbocycles. The normalized spacial score (nSPS) is 19.2. The fourth-order valence-corrected chi connectivity index (χ4v) is 3.84. The lowest BCUT2D eigenvalue weighted by molar-refractivity contribution is -0.130. The van der Waals surface area contributed by atoms with Gasteiger partial charge in [0.05, 0.1) is 30.0 Å². The van der Waals surface area contributed by atoms with E-state index in [1.54, 1.807) is 37.3 Å². The molecule has 2 heterocycles. The third kappa shape index (κ3) is 3.38. The van der Waals surface area contributed by atoms with Crippen LogP contribution in [-0.2, 0) is 10.3 Å². The molecule has 0 aliphatic carbocycles. The van der Waals surface area contributed by atoms with Crippen molar-refractivity contribution in [3.63, 3.8) is 0 Å². The average Bonchev–Trinajstić information content (AvgIpc) is 3.18. The zero-order valence-electron chi connectivity index (χ0n) is 14.9. The van der Waals surface area contributed by atoms with Gasteiger partial charge in [0.1, 0.15) is 5.54 Å². The van der Waals surface area contributed by atoms with E-state index < -0.39 is 17.5 Å². The van der Waals surface area contributed by atoms with Crippen molar-refractivity contribution in [2.75, 3.05) is 20.8 Å². The molecule has 1 unspecified atom stereocenters. The second-order valence-electron chi connectivity index (χ2n) is 6.04. The number of methoxy groups -OCH3 is 2. The Bertz CT molecular complexity index is 928. The van der Waals surface area contributed by atoms with Crippen molar-refractivity contribution in [1.29, 1.82) is 0 Å². The number of urea groups is 1. The topological polar surface area (TPSA) is 84.9 Å². The number of rotatable bonds is 6. The summed E-state index contributed by atoms with van der Waals surface area (Å²) >= 11 is 6.94. The maximum atomic E-state index is 13.0. The largest absolute Gasteiger partial charge is 0.493 e. The Balaban J connectivity index is 1.87. The third-order valence-electron chi connectivity index (χ3n) is 4.39. The van der Waals surface area contributed by atoms with Gasteiger partial charge in [-0.3, -0.25) is 14.5 Å². The molecular weight excluding hydrogens is 392 g/mol. The van der Waals surface area contributed by atoms with Gasteiger partial charge in [0.2, 0.25) is 0 Å². The number of carbonyl (C=O) groups is 3. The molecule has 1 aliphatic heterocycles. The number of amides is 3. The average molecular weight is 409 g/mol. The molecule has 0 bridgehead atoms. The molecular formula is C18H17ClN2O5S. The zero-order chi connectivity index (χ0) is 19.8. The molecule has 27 heavy (non-hydrogen) atoms. The summed E-state index contributed by atoms with van der Waals surface area (Å²) in [6.07, 6.45) is 0. The van der Waals surface area contributed by atoms with Gasteiger partial charge in [-0.25, -0.2) is 4.79 Å². The summed E-state index contributed by atoms with van der Waals surface area (Å²) < 4.78 is 10.9. The summed E-state index contributed by atoms with van der Waals surface area (Å²) in [4.78, 5) is 39.0. The number of ketones is 1. The van der Waals surface area contributed by atoms with Crippen molar-refractivity contribution in [2.24, 2.45) is 0 Å². The molecule has 1 atom stereocenters. The first-order valence-electron chi connectivity index (χ1n) is 7.95. The standard InChI is InChI=1S/C18H17ClN2O5S/c1-18(10-4-5-12(25-2)13(8-10)26-3)16(23)21(17(24)20-18)9-11(22)14-6-7-15(19)27-14/h4-8H,9H2,1-3H3,(H,20,24). The number of Topliss-reactive ketones (excluding diaryl/α,β-unsaturated/α-hetero) is 1. The highest BCUT2D eigenvalue weighted by Crippen LogP contribution is 2.35. The Morgan fingerprint density at radius 2 is 1.89 bits per heavy atom. The van der Waals surface area contributed by atoms with E-state index in [1.165, 1.54) is 14.2 Å². The van der Waals surface area contributed by atoms with E-state index in [9.17, 15) is 14.4 Å². The second-order valence-corrected chi connectivity index (χ2v) is 7.76. The molecule has 1 aromatic heterocycles. The van der Waals surface area contributed by atoms with E-state index in [2.05, 4.69) is 5.32 Å². The van der Waals surface area contributed by atoms with Crippen LogP contribution in [0.25, 0.3) is 0 Å². The Hall–Kier alpha value is -2.58. The molecule has 9 heteroatoms. The number of carbonyl (C=O) groups excluding carboxylic acids is 3. The van der Waals surface area contributed by atoms with Gasteiger partial charge in [0.15, 0.2) is 17.3 Å². The van der Waals surface area contributed by atoms with E-state index in [-0.39, 0.29) is 12.3 Å². The maximum absolute atomic E-state index is 13.0. The molecule has 0 saturated carbocycles. The maximum Gasteiger partial charge on any atom is 0.325 e. The van der Waals surface area contributed by atoms with Crippen molar-refractivity contribution in [2.45, 2.75) is 12.5 Å². The number of hydrogen-bond acceptors (Lipinski definition) is 6. The highest BCUT2D eigenvalue weighted by molar-refractivity contribution is 7.18. The molecule has 1 saturated heterocycles. The van der Waals surface area contributed by atoms with Crippen LogP contribution in [0.15, 0.2) is 30.3 Å². The van der Waals surface area contributed by atoms with Crippen LogP contribution in [-0.4, -0.2) is 43.4 Å². The number of benzene rings is 1. The number of halogens is 1. The van der Waals surface area contributed by atoms with Crippen LogP contribution in [0.2, 0.25) is 4.34 Å². The quantitative estimate of drug-likeness (QED) is 0.586. The highest BCUT2D eigenvalue weighted by Gasteiger charge is 2.49. The van der Waals surface area contributed by atoms with Crippen LogP contribution in [0.1, 0.15) is 22.2 Å². The number of ether oxygens (including phenoxy) is 2. The van der Waals surface area contributed by atoms with Crippen molar-refractivity contribution in [3.05, 3.63) is 45.1 Å². The second kappa shape index (κ2) is 7.21. The molecule has 142 valence electrons. The molecule has 1 N–H and O–H groups in total. The number of hydrogen-bond donors (Lipinski definition) is 1. The van der Waals surface area contributed by atoms with Gasteiger partial charge in [-0.15, -0.1) is 11.3 Å². The first-order valence-corrected chi connectivity index (χ1v) is 9.14. The van der Waals surface area contributed by atoms with E-state index in [1.807, 2.05) is 0 Å². The zero-order valence-corrected chi connectivity index (χ0v) is 16.4. The van der Waals surface area contributed by atoms with Gasteiger partial charge < -0.3 is 14.8 Å². The highest BCUT2D eigenvalue weighted by atomic mass is 35.5. The first kappa shape index (κ1) is 19.2. The van der Waals surface area contributed by atoms with Crippen molar-refractivity contribution < 1.29 is 23.9 Å². The number of imide groups is 1. The molecule has 0 spiro atoms. The summed E-state index contributed by atoms with van der Waals surface area (Å²) in [6.45, 7) is 1.23. The van der Waals surface area contributed by atoms with Crippen LogP contribution in [0.4, 0.5) is 4.79 Å². The van der Waals surface area contributed by atoms with E-state index in [0.717, 1.165) is 16.2 Å². The van der Waals surface area contributed by atoms with Crippen LogP contribution < -0.4 is 14.8 Å². The van der Waals surface area contributed by atoms with Gasteiger partial charge in [-0.2, -0.15) is 0 Å². The van der Waals surface area contributed by atoms with Gasteiger partial charge in [0, 0.05) is 0 Å². The van der Waals surface area contributed by atoms with E-state index >= 15 is 0 Å². The fraction of sp³-hybridized carbons (Fsp3) is 0.278. The lowest BCUT2D eigenvalue weighted by atomic mass is 9.91. The van der Waals surface area contributed by atoms with Gasteiger partial charge in [-0.05, 0) is 36.8 Å². The van der Waals surface area contributed by atoms with E-state index in [0.29, 0.717) is 26.3 Å². The molecule has 0 radical (unpaired) electrons. The molecule has 2 aromatic rings. The lowest BCUT2D eigenvalue weighted by Gasteiger charge is -2.23. The van der Waals surface area contributed by atoms with Crippen molar-refractivity contribution in [1.82, 2.24) is 10.2 Å². The molecule has 1 fully saturated rings. The third-order valence-corrected chi connectivity index (χ3v) is 5.66. The predicted molar refractivity (Wildman–Crippen MR) is 101 cm³/mol. The van der Waals surface area contributed by atoms with Gasteiger partial charge >= 0.3 is 6.03 Å². The van der Waals surface area contributed by atoms with Crippen molar-refractivity contribution in [3.8, 4) is 11.5 Å². The monoisotopic (exact) mass is 408 g/mol. The van der Waals surface area contributed by atoms with Crippen LogP contribution in [0.5, 0.6) is 11.5 Å². The lowest BCUT2D eigenvalue weighted by Crippen LogP contribution is -2.41.